The summed E-state index contributed by atoms with van der Waals surface area (Å²) in [5.41, 5.74) is 9.40. The van der Waals surface area contributed by atoms with Gasteiger partial charge in [0.05, 0.1) is 5.56 Å². The summed E-state index contributed by atoms with van der Waals surface area (Å²) in [6.45, 7) is 76.2. The highest BCUT2D eigenvalue weighted by atomic mass is 16.7. The fourth-order valence-electron chi connectivity index (χ4n) is 19.4. The maximum atomic E-state index is 11.9. The number of carbonyl (C=O) groups excluding carboxylic acids is 1. The minimum atomic E-state index is -0.270. The van der Waals surface area contributed by atoms with Crippen LogP contribution in [-0.4, -0.2) is 323 Å². The number of nitrogens with one attached hydrogen (secondary N) is 6. The van der Waals surface area contributed by atoms with E-state index in [2.05, 4.69) is 201 Å². The summed E-state index contributed by atoms with van der Waals surface area (Å²) in [4.78, 5) is 40.2. The fourth-order valence-corrected chi connectivity index (χ4v) is 19.4. The smallest absolute Gasteiger partial charge is 0.357 e. The maximum Gasteiger partial charge on any atom is 0.357 e. The van der Waals surface area contributed by atoms with Crippen molar-refractivity contribution in [1.29, 1.82) is 0 Å². The van der Waals surface area contributed by atoms with Gasteiger partial charge in [0.1, 0.15) is 0 Å². The zero-order valence-electron chi connectivity index (χ0n) is 70.7. The predicted octanol–water partition coefficient (Wildman–Crippen LogP) is 9.01. The molecule has 0 radical (unpaired) electrons. The lowest BCUT2D eigenvalue weighted by Gasteiger charge is -2.57. The monoisotopic (exact) mass is 1460 g/mol. The van der Waals surface area contributed by atoms with Crippen LogP contribution in [0.25, 0.3) is 0 Å². The number of likely N-dealkylation sites (tertiary alicyclic amines) is 8. The molecule has 4 atom stereocenters. The third-order valence-electron chi connectivity index (χ3n) is 27.0. The van der Waals surface area contributed by atoms with Crippen molar-refractivity contribution in [2.45, 2.75) is 273 Å². The Morgan fingerprint density at radius 1 is 0.442 bits per heavy atom. The van der Waals surface area contributed by atoms with Crippen LogP contribution in [0.15, 0.2) is 30.3 Å². The van der Waals surface area contributed by atoms with E-state index in [0.29, 0.717) is 51.0 Å². The molecule has 16 rings (SSSR count). The molecule has 1 saturated carbocycles. The topological polar surface area (TPSA) is 157 Å². The largest absolute Gasteiger partial charge is 0.364 e. The van der Waals surface area contributed by atoms with Crippen molar-refractivity contribution in [2.75, 3.05) is 197 Å². The highest BCUT2D eigenvalue weighted by molar-refractivity contribution is 5.89. The number of nitrogens with zero attached hydrogens (tertiary/aromatic N) is 10. The van der Waals surface area contributed by atoms with Crippen molar-refractivity contribution in [3.8, 4) is 0 Å². The Balaban J connectivity index is 0.000000149. The summed E-state index contributed by atoms with van der Waals surface area (Å²) in [7, 11) is 2.03. The van der Waals surface area contributed by atoms with Crippen LogP contribution >= 0.6 is 0 Å². The summed E-state index contributed by atoms with van der Waals surface area (Å²) in [5.74, 6) is 2.55. The van der Waals surface area contributed by atoms with Gasteiger partial charge < -0.3 is 57.2 Å². The average Bonchev–Trinajstić information content (AvgIpc) is 1.25. The summed E-state index contributed by atoms with van der Waals surface area (Å²) < 4.78 is 0. The Kier molecular flexibility index (Phi) is 35.0. The highest BCUT2D eigenvalue weighted by Crippen LogP contribution is 2.44. The number of fused-ring (bicyclic) bond motifs is 1. The zero-order chi connectivity index (χ0) is 75.4. The standard InChI is InChI=1S/C14H20N2O2.C11H21N.2C10H20N2.2C9H18N2.C8H16N2.C8H18N2.C6H14N2/c1-12(2)15-8-10-16(11-9-15)18-14(17)13-6-4-3-5-7-13;1-10(2)12-9-5-8-11(12)6-3-4-7-11;1-9(2)12-6-4-10(8-12)3-5-11-7-10;1-9(2)12-7-5-10(8-12)4-3-6-11-10;1-7(2)11-5-8-3-10-4-9(8)6-11;1-8(2)11-6-9(7-11)3-4-10-5-9;1-7(2)10-5-8(6-10)3-9-4-8;1-7(2)10-5-8(6-10)4-9-3;1-5(2)8-3-6(7)4-8/h3-7,12H,8-11H2,1-2H3;10H,3-9H2,1-2H3;2*9,11H,3-8H2,1-2H3;7-10H,3-6H2,1-2H3;8,10H,3-7H2,1-2H3;7,9H,3-6H2,1-2H3;7-9H,4-6H2,1-3H3;5-6H,3-4,7H2,1-2H3. The van der Waals surface area contributed by atoms with Gasteiger partial charge >= 0.3 is 5.97 Å². The molecule has 14 heterocycles. The number of hydrogen-bond acceptors (Lipinski definition) is 19. The lowest BCUT2D eigenvalue weighted by Crippen LogP contribution is -2.72. The normalized spacial score (nSPS) is 29.1. The second kappa shape index (κ2) is 41.5. The summed E-state index contributed by atoms with van der Waals surface area (Å²) in [6.07, 6.45) is 17.2. The van der Waals surface area contributed by atoms with Gasteiger partial charge in [0.25, 0.3) is 0 Å². The second-order valence-corrected chi connectivity index (χ2v) is 38.0. The number of hydroxylamine groups is 2. The van der Waals surface area contributed by atoms with Crippen LogP contribution in [-0.2, 0) is 4.84 Å². The molecule has 1 aromatic rings. The lowest BCUT2D eigenvalue weighted by molar-refractivity contribution is -0.132. The van der Waals surface area contributed by atoms with Gasteiger partial charge in [0.15, 0.2) is 0 Å². The number of nitrogens with two attached hydrogens (primary N) is 1. The molecule has 602 valence electrons. The van der Waals surface area contributed by atoms with E-state index in [0.717, 1.165) is 99.3 Å². The molecular formula is C85H165N17O2. The fraction of sp³-hybridized carbons (Fsp3) is 0.918. The van der Waals surface area contributed by atoms with Crippen molar-refractivity contribution in [3.63, 3.8) is 0 Å². The Bertz CT molecular complexity index is 2450. The SMILES string of the molecule is CC(C)N1CC(N)C1.CC(C)N1CC2(CCNC2)C1.CC(C)N1CC2(CNC2)C1.CC(C)N1CC2CNCC2C1.CC(C)N1CCC2(CCCN2)C1.CC(C)N1CCC2(CCNC2)C1.CC(C)N1CCCC12CCCC2.CC(C)N1CCN(OC(=O)c2ccccc2)CC1.CNCC1CN(C(C)C)C1. The van der Waals surface area contributed by atoms with Gasteiger partial charge in [-0.2, -0.15) is 0 Å². The van der Waals surface area contributed by atoms with Crippen molar-refractivity contribution >= 4 is 5.97 Å². The first-order valence-corrected chi connectivity index (χ1v) is 43.2. The minimum absolute atomic E-state index is 0.270. The van der Waals surface area contributed by atoms with Gasteiger partial charge in [-0.15, -0.1) is 5.06 Å². The van der Waals surface area contributed by atoms with E-state index >= 15 is 0 Å². The molecule has 1 aliphatic carbocycles. The molecule has 15 fully saturated rings. The van der Waals surface area contributed by atoms with Crippen molar-refractivity contribution in [3.05, 3.63) is 35.9 Å². The van der Waals surface area contributed by atoms with Crippen LogP contribution < -0.4 is 37.6 Å². The van der Waals surface area contributed by atoms with Crippen LogP contribution in [0.3, 0.4) is 0 Å². The van der Waals surface area contributed by atoms with E-state index in [1.54, 1.807) is 17.2 Å². The molecule has 5 spiro atoms. The first kappa shape index (κ1) is 87.6. The van der Waals surface area contributed by atoms with Gasteiger partial charge in [0, 0.05) is 226 Å². The van der Waals surface area contributed by atoms with Gasteiger partial charge in [-0.3, -0.25) is 29.4 Å². The first-order valence-electron chi connectivity index (χ1n) is 43.2. The minimum Gasteiger partial charge on any atom is -0.364 e. The van der Waals surface area contributed by atoms with Crippen molar-refractivity contribution in [2.24, 2.45) is 39.7 Å². The third kappa shape index (κ3) is 25.5. The van der Waals surface area contributed by atoms with E-state index in [1.807, 2.05) is 25.2 Å². The molecular weight excluding hydrogens is 1290 g/mol. The van der Waals surface area contributed by atoms with Crippen LogP contribution in [0.1, 0.15) is 212 Å². The van der Waals surface area contributed by atoms with Crippen LogP contribution in [0.5, 0.6) is 0 Å². The van der Waals surface area contributed by atoms with Gasteiger partial charge in [0.2, 0.25) is 0 Å². The first-order chi connectivity index (χ1) is 49.5. The Labute approximate surface area is 639 Å². The number of carbonyl (C=O) groups is 1. The molecule has 0 aromatic heterocycles. The molecule has 1 aromatic carbocycles. The van der Waals surface area contributed by atoms with E-state index in [9.17, 15) is 4.79 Å². The molecule has 104 heavy (non-hydrogen) atoms. The Hall–Kier alpha value is -1.99. The Morgan fingerprint density at radius 2 is 0.913 bits per heavy atom. The quantitative estimate of drug-likeness (QED) is 0.100. The molecule has 15 aliphatic rings. The lowest BCUT2D eigenvalue weighted by atomic mass is 9.74. The molecule has 0 bridgehead atoms. The van der Waals surface area contributed by atoms with E-state index in [4.69, 9.17) is 10.6 Å². The third-order valence-corrected chi connectivity index (χ3v) is 27.0. The number of rotatable bonds is 13. The number of piperazine rings is 1. The van der Waals surface area contributed by atoms with E-state index < -0.39 is 0 Å². The molecule has 14 saturated heterocycles. The van der Waals surface area contributed by atoms with Crippen LogP contribution in [0.2, 0.25) is 0 Å². The van der Waals surface area contributed by atoms with Gasteiger partial charge in [-0.1, -0.05) is 31.0 Å². The number of hydrogen-bond donors (Lipinski definition) is 7. The highest BCUT2D eigenvalue weighted by Gasteiger charge is 2.49. The summed E-state index contributed by atoms with van der Waals surface area (Å²) >= 11 is 0. The van der Waals surface area contributed by atoms with Gasteiger partial charge in [-0.05, 0) is 277 Å². The van der Waals surface area contributed by atoms with Gasteiger partial charge in [-0.25, -0.2) is 4.79 Å². The van der Waals surface area contributed by atoms with Crippen molar-refractivity contribution < 1.29 is 9.63 Å². The average molecular weight is 1460 g/mol. The molecule has 19 heteroatoms. The molecule has 14 aliphatic heterocycles. The molecule has 8 N–H and O–H groups in total. The second-order valence-electron chi connectivity index (χ2n) is 38.0. The van der Waals surface area contributed by atoms with Crippen LogP contribution in [0, 0.1) is 34.0 Å². The zero-order valence-corrected chi connectivity index (χ0v) is 70.7. The molecule has 19 nitrogen and oxygen atoms in total. The van der Waals surface area contributed by atoms with Crippen molar-refractivity contribution in [1.82, 2.24) is 81.1 Å². The van der Waals surface area contributed by atoms with E-state index in [-0.39, 0.29) is 5.97 Å². The van der Waals surface area contributed by atoms with E-state index in [1.165, 1.54) is 228 Å². The Morgan fingerprint density at radius 3 is 1.35 bits per heavy atom. The molecule has 4 unspecified atom stereocenters. The van der Waals surface area contributed by atoms with Crippen LogP contribution in [0.4, 0.5) is 0 Å². The maximum absolute atomic E-state index is 11.9. The summed E-state index contributed by atoms with van der Waals surface area (Å²) in [5, 5.41) is 22.4. The summed E-state index contributed by atoms with van der Waals surface area (Å²) in [6, 6.07) is 16.0. The molecule has 0 amide bonds. The number of benzene rings is 1. The predicted molar refractivity (Wildman–Crippen MR) is 439 cm³/mol.